The van der Waals surface area contributed by atoms with Crippen molar-refractivity contribution in [3.8, 4) is 0 Å². The summed E-state index contributed by atoms with van der Waals surface area (Å²) in [7, 11) is 0. The van der Waals surface area contributed by atoms with Gasteiger partial charge in [-0.05, 0) is 135 Å². The van der Waals surface area contributed by atoms with Gasteiger partial charge in [-0.2, -0.15) is 0 Å². The Hall–Kier alpha value is -5.23. The van der Waals surface area contributed by atoms with Crippen molar-refractivity contribution in [3.63, 3.8) is 0 Å². The van der Waals surface area contributed by atoms with E-state index in [0.29, 0.717) is 19.3 Å². The molecule has 0 aromatic rings. The van der Waals surface area contributed by atoms with E-state index >= 15 is 0 Å². The predicted molar refractivity (Wildman–Crippen MR) is 338 cm³/mol. The van der Waals surface area contributed by atoms with Gasteiger partial charge in [-0.25, -0.2) is 0 Å². The van der Waals surface area contributed by atoms with E-state index in [4.69, 9.17) is 14.2 Å². The monoisotopic (exact) mass is 1070 g/mol. The Bertz CT molecular complexity index is 1810. The molecular formula is C72H112O6. The van der Waals surface area contributed by atoms with Crippen LogP contribution in [-0.2, 0) is 28.6 Å². The lowest BCUT2D eigenvalue weighted by atomic mass is 10.1. The molecule has 0 aliphatic rings. The zero-order valence-electron chi connectivity index (χ0n) is 49.9. The van der Waals surface area contributed by atoms with Gasteiger partial charge in [0.1, 0.15) is 13.2 Å². The molecule has 0 amide bonds. The van der Waals surface area contributed by atoms with E-state index in [2.05, 4.69) is 179 Å². The molecule has 1 atom stereocenters. The van der Waals surface area contributed by atoms with Crippen LogP contribution in [0.4, 0.5) is 0 Å². The van der Waals surface area contributed by atoms with Crippen molar-refractivity contribution in [3.05, 3.63) is 170 Å². The van der Waals surface area contributed by atoms with Crippen molar-refractivity contribution in [1.29, 1.82) is 0 Å². The second-order valence-electron chi connectivity index (χ2n) is 19.8. The predicted octanol–water partition coefficient (Wildman–Crippen LogP) is 21.5. The number of esters is 3. The fourth-order valence-electron chi connectivity index (χ4n) is 7.86. The first kappa shape index (κ1) is 72.8. The Morgan fingerprint density at radius 2 is 0.526 bits per heavy atom. The van der Waals surface area contributed by atoms with Crippen LogP contribution in [0.1, 0.15) is 245 Å². The molecule has 436 valence electrons. The smallest absolute Gasteiger partial charge is 0.306 e. The molecule has 0 saturated heterocycles. The number of carbonyl (C=O) groups excluding carboxylic acids is 3. The molecule has 78 heavy (non-hydrogen) atoms. The molecule has 0 fully saturated rings. The minimum absolute atomic E-state index is 0.121. The molecule has 0 N–H and O–H groups in total. The van der Waals surface area contributed by atoms with Crippen molar-refractivity contribution in [2.24, 2.45) is 0 Å². The average Bonchev–Trinajstić information content (AvgIpc) is 3.44. The molecule has 0 aliphatic heterocycles. The lowest BCUT2D eigenvalue weighted by molar-refractivity contribution is -0.166. The number of hydrogen-bond acceptors (Lipinski definition) is 6. The molecule has 0 heterocycles. The third-order valence-electron chi connectivity index (χ3n) is 12.4. The maximum Gasteiger partial charge on any atom is 0.306 e. The van der Waals surface area contributed by atoms with E-state index in [1.807, 2.05) is 12.2 Å². The van der Waals surface area contributed by atoms with Gasteiger partial charge in [-0.15, -0.1) is 0 Å². The van der Waals surface area contributed by atoms with Crippen LogP contribution >= 0.6 is 0 Å². The van der Waals surface area contributed by atoms with E-state index in [0.717, 1.165) is 148 Å². The summed E-state index contributed by atoms with van der Waals surface area (Å²) < 4.78 is 16.8. The second-order valence-corrected chi connectivity index (χ2v) is 19.8. The quantitative estimate of drug-likeness (QED) is 0.0261. The largest absolute Gasteiger partial charge is 0.462 e. The number of allylic oxidation sites excluding steroid dienone is 28. The molecule has 0 aliphatic carbocycles. The third kappa shape index (κ3) is 61.6. The molecule has 0 aromatic carbocycles. The van der Waals surface area contributed by atoms with E-state index in [-0.39, 0.29) is 31.6 Å². The van der Waals surface area contributed by atoms with E-state index < -0.39 is 12.1 Å². The third-order valence-corrected chi connectivity index (χ3v) is 12.4. The standard InChI is InChI=1S/C72H112O6/c1-4-7-10-13-16-19-22-24-26-28-30-31-32-33-34-35-36-37-38-39-40-41-43-44-46-48-50-53-56-59-62-65-71(74)77-68-69(67-76-70(73)64-61-58-55-52-21-18-15-12-9-6-3)78-72(75)66-63-60-57-54-51-49-47-45-42-29-27-25-23-20-17-14-11-8-5-2/h7-8,10-12,15-17,19-20,24-27,30-31,33-34,36-37,39-40,42,45,49,51,57,60,69H,4-6,9,13-14,18,21-23,28-29,32,35,38,41,43-44,46-48,50,52-56,58-59,61-68H2,1-3H3/b10-7-,11-8-,15-12-,19-16-,20-17-,26-24-,27-25-,31-30-,34-33-,37-36-,40-39-,45-42-,51-49-,60-57-. The van der Waals surface area contributed by atoms with Gasteiger partial charge in [0.2, 0.25) is 0 Å². The molecule has 0 spiro atoms. The molecule has 6 heteroatoms. The minimum atomic E-state index is -0.833. The summed E-state index contributed by atoms with van der Waals surface area (Å²) in [6.07, 6.45) is 95.2. The van der Waals surface area contributed by atoms with Crippen LogP contribution in [0.25, 0.3) is 0 Å². The second kappa shape index (κ2) is 64.3. The molecule has 0 rings (SSSR count). The Morgan fingerprint density at radius 1 is 0.269 bits per heavy atom. The van der Waals surface area contributed by atoms with E-state index in [1.54, 1.807) is 0 Å². The van der Waals surface area contributed by atoms with Gasteiger partial charge in [0.25, 0.3) is 0 Å². The fourth-order valence-corrected chi connectivity index (χ4v) is 7.86. The van der Waals surface area contributed by atoms with Crippen molar-refractivity contribution in [2.75, 3.05) is 13.2 Å². The summed E-state index contributed by atoms with van der Waals surface area (Å²) in [5, 5.41) is 0. The Labute approximate surface area is 479 Å². The van der Waals surface area contributed by atoms with Crippen LogP contribution in [0, 0.1) is 0 Å². The van der Waals surface area contributed by atoms with Crippen molar-refractivity contribution >= 4 is 17.9 Å². The van der Waals surface area contributed by atoms with Gasteiger partial charge in [0.05, 0.1) is 0 Å². The number of rotatable bonds is 54. The first-order chi connectivity index (χ1) is 38.5. The molecule has 1 unspecified atom stereocenters. The van der Waals surface area contributed by atoms with Crippen molar-refractivity contribution in [2.45, 2.75) is 252 Å². The van der Waals surface area contributed by atoms with Crippen LogP contribution in [0.5, 0.6) is 0 Å². The molecule has 6 nitrogen and oxygen atoms in total. The van der Waals surface area contributed by atoms with Crippen LogP contribution in [0.15, 0.2) is 170 Å². The highest BCUT2D eigenvalue weighted by Gasteiger charge is 2.19. The molecular weight excluding hydrogens is 961 g/mol. The summed E-state index contributed by atoms with van der Waals surface area (Å²) >= 11 is 0. The number of hydrogen-bond donors (Lipinski definition) is 0. The molecule has 0 aromatic heterocycles. The SMILES string of the molecule is CC/C=C\C/C=C\C/C=C\C/C=C\C/C=C\C/C=C\C/C=C\CCCCCCCCCCCC(=O)OCC(COC(=O)CCCCCCC/C=C\CCC)OC(=O)CC/C=C\C/C=C\C/C=C\C/C=C\C/C=C\C/C=C\CC. The highest BCUT2D eigenvalue weighted by atomic mass is 16.6. The maximum atomic E-state index is 12.8. The highest BCUT2D eigenvalue weighted by Crippen LogP contribution is 2.14. The zero-order chi connectivity index (χ0) is 56.4. The topological polar surface area (TPSA) is 78.9 Å². The Balaban J connectivity index is 4.35. The summed E-state index contributed by atoms with van der Waals surface area (Å²) in [6, 6.07) is 0. The molecule has 0 saturated carbocycles. The first-order valence-corrected chi connectivity index (χ1v) is 31.1. The summed E-state index contributed by atoms with van der Waals surface area (Å²) in [4.78, 5) is 38.1. The van der Waals surface area contributed by atoms with Gasteiger partial charge >= 0.3 is 17.9 Å². The molecule has 0 radical (unpaired) electrons. The van der Waals surface area contributed by atoms with Gasteiger partial charge in [-0.1, -0.05) is 262 Å². The van der Waals surface area contributed by atoms with Crippen LogP contribution < -0.4 is 0 Å². The zero-order valence-corrected chi connectivity index (χ0v) is 49.9. The van der Waals surface area contributed by atoms with Gasteiger partial charge < -0.3 is 14.2 Å². The Morgan fingerprint density at radius 3 is 0.846 bits per heavy atom. The average molecular weight is 1070 g/mol. The highest BCUT2D eigenvalue weighted by molar-refractivity contribution is 5.71. The lowest BCUT2D eigenvalue weighted by Crippen LogP contribution is -2.30. The Kier molecular flexibility index (Phi) is 60.0. The van der Waals surface area contributed by atoms with E-state index in [9.17, 15) is 14.4 Å². The normalized spacial score (nSPS) is 13.3. The number of carbonyl (C=O) groups is 3. The minimum Gasteiger partial charge on any atom is -0.462 e. The lowest BCUT2D eigenvalue weighted by Gasteiger charge is -2.18. The van der Waals surface area contributed by atoms with Crippen LogP contribution in [0.2, 0.25) is 0 Å². The van der Waals surface area contributed by atoms with Gasteiger partial charge in [-0.3, -0.25) is 14.4 Å². The van der Waals surface area contributed by atoms with Crippen molar-refractivity contribution < 1.29 is 28.6 Å². The maximum absolute atomic E-state index is 12.8. The molecule has 0 bridgehead atoms. The van der Waals surface area contributed by atoms with Crippen molar-refractivity contribution in [1.82, 2.24) is 0 Å². The summed E-state index contributed by atoms with van der Waals surface area (Å²) in [5.41, 5.74) is 0. The fraction of sp³-hybridized carbons (Fsp3) is 0.569. The summed E-state index contributed by atoms with van der Waals surface area (Å²) in [5.74, 6) is -1.03. The van der Waals surface area contributed by atoms with Crippen LogP contribution in [0.3, 0.4) is 0 Å². The summed E-state index contributed by atoms with van der Waals surface area (Å²) in [6.45, 7) is 6.26. The van der Waals surface area contributed by atoms with Crippen LogP contribution in [-0.4, -0.2) is 37.2 Å². The number of unbranched alkanes of at least 4 members (excludes halogenated alkanes) is 15. The van der Waals surface area contributed by atoms with E-state index in [1.165, 1.54) is 51.4 Å². The van der Waals surface area contributed by atoms with Gasteiger partial charge in [0, 0.05) is 19.3 Å². The number of ether oxygens (including phenoxy) is 3. The first-order valence-electron chi connectivity index (χ1n) is 31.1. The van der Waals surface area contributed by atoms with Gasteiger partial charge in [0.15, 0.2) is 6.10 Å².